The fraction of sp³-hybridized carbons (Fsp3) is 0.650. The van der Waals surface area contributed by atoms with Gasteiger partial charge in [0.1, 0.15) is 13.2 Å². The number of fused-ring (bicyclic) bond motifs is 1. The van der Waals surface area contributed by atoms with Gasteiger partial charge in [-0.2, -0.15) is 0 Å². The van der Waals surface area contributed by atoms with E-state index >= 15 is 0 Å². The van der Waals surface area contributed by atoms with Gasteiger partial charge in [-0.3, -0.25) is 4.79 Å². The number of hydrogen-bond acceptors (Lipinski definition) is 4. The number of amides is 1. The molecule has 1 amide bonds. The van der Waals surface area contributed by atoms with E-state index in [0.29, 0.717) is 48.7 Å². The van der Waals surface area contributed by atoms with Crippen LogP contribution >= 0.6 is 0 Å². The summed E-state index contributed by atoms with van der Waals surface area (Å²) in [7, 11) is 0. The summed E-state index contributed by atoms with van der Waals surface area (Å²) in [6, 6.07) is 5.59. The van der Waals surface area contributed by atoms with Crippen molar-refractivity contribution < 1.29 is 19.4 Å². The lowest BCUT2D eigenvalue weighted by Gasteiger charge is -2.60. The largest absolute Gasteiger partial charge is 0.486 e. The fourth-order valence-electron chi connectivity index (χ4n) is 6.32. The maximum Gasteiger partial charge on any atom is 0.225 e. The number of aliphatic hydroxyl groups is 1. The van der Waals surface area contributed by atoms with Gasteiger partial charge in [-0.15, -0.1) is 0 Å². The first-order valence-corrected chi connectivity index (χ1v) is 9.44. The SMILES string of the molecule is O=C(CC12CC3CC(CC(O)(C3)C1)C2)Nc1cccc2c1OCCO2. The van der Waals surface area contributed by atoms with Crippen molar-refractivity contribution in [2.75, 3.05) is 18.5 Å². The molecule has 5 nitrogen and oxygen atoms in total. The van der Waals surface area contributed by atoms with Crippen molar-refractivity contribution >= 4 is 11.6 Å². The van der Waals surface area contributed by atoms with E-state index in [1.165, 1.54) is 6.42 Å². The van der Waals surface area contributed by atoms with Gasteiger partial charge in [0.05, 0.1) is 11.3 Å². The molecule has 25 heavy (non-hydrogen) atoms. The summed E-state index contributed by atoms with van der Waals surface area (Å²) in [4.78, 5) is 12.8. The van der Waals surface area contributed by atoms with Crippen LogP contribution in [0.5, 0.6) is 11.5 Å². The predicted molar refractivity (Wildman–Crippen MR) is 92.7 cm³/mol. The van der Waals surface area contributed by atoms with Gasteiger partial charge < -0.3 is 19.9 Å². The molecule has 4 bridgehead atoms. The number of ether oxygens (including phenoxy) is 2. The van der Waals surface area contributed by atoms with Crippen LogP contribution < -0.4 is 14.8 Å². The van der Waals surface area contributed by atoms with Crippen molar-refractivity contribution in [2.24, 2.45) is 17.3 Å². The second kappa shape index (κ2) is 5.37. The lowest BCUT2D eigenvalue weighted by atomic mass is 9.47. The Morgan fingerprint density at radius 2 is 1.92 bits per heavy atom. The number of nitrogens with one attached hydrogen (secondary N) is 1. The minimum atomic E-state index is -0.521. The molecule has 1 aromatic rings. The summed E-state index contributed by atoms with van der Waals surface area (Å²) in [6.07, 6.45) is 6.56. The highest BCUT2D eigenvalue weighted by molar-refractivity contribution is 5.93. The van der Waals surface area contributed by atoms with Crippen molar-refractivity contribution in [3.05, 3.63) is 18.2 Å². The number of benzene rings is 1. The summed E-state index contributed by atoms with van der Waals surface area (Å²) >= 11 is 0. The Kier molecular flexibility index (Phi) is 3.33. The fourth-order valence-corrected chi connectivity index (χ4v) is 6.32. The molecule has 5 aliphatic rings. The first-order valence-electron chi connectivity index (χ1n) is 9.44. The maximum absolute atomic E-state index is 12.8. The number of rotatable bonds is 3. The first-order chi connectivity index (χ1) is 12.0. The summed E-state index contributed by atoms with van der Waals surface area (Å²) in [5.41, 5.74) is 0.146. The first kappa shape index (κ1) is 15.5. The third-order valence-electron chi connectivity index (χ3n) is 6.53. The zero-order valence-corrected chi connectivity index (χ0v) is 14.4. The third-order valence-corrected chi connectivity index (χ3v) is 6.53. The lowest BCUT2D eigenvalue weighted by molar-refractivity contribution is -0.167. The van der Waals surface area contributed by atoms with E-state index in [4.69, 9.17) is 9.47 Å². The third kappa shape index (κ3) is 2.69. The average molecular weight is 343 g/mol. The van der Waals surface area contributed by atoms with E-state index in [0.717, 1.165) is 32.1 Å². The van der Waals surface area contributed by atoms with Crippen molar-refractivity contribution in [1.29, 1.82) is 0 Å². The molecular weight excluding hydrogens is 318 g/mol. The highest BCUT2D eigenvalue weighted by Crippen LogP contribution is 2.62. The molecule has 5 heteroatoms. The Balaban J connectivity index is 1.33. The van der Waals surface area contributed by atoms with Crippen LogP contribution in [0.15, 0.2) is 18.2 Å². The molecule has 4 fully saturated rings. The molecule has 1 heterocycles. The summed E-state index contributed by atoms with van der Waals surface area (Å²) in [5, 5.41) is 13.9. The predicted octanol–water partition coefficient (Wildman–Crippen LogP) is 3.12. The molecule has 0 spiro atoms. The van der Waals surface area contributed by atoms with Crippen LogP contribution in [0, 0.1) is 17.3 Å². The Morgan fingerprint density at radius 1 is 1.16 bits per heavy atom. The maximum atomic E-state index is 12.8. The molecule has 6 rings (SSSR count). The van der Waals surface area contributed by atoms with E-state index in [-0.39, 0.29) is 11.3 Å². The molecule has 1 aromatic carbocycles. The average Bonchev–Trinajstić information content (AvgIpc) is 2.52. The van der Waals surface area contributed by atoms with Crippen LogP contribution in [0.1, 0.15) is 44.9 Å². The molecule has 2 unspecified atom stereocenters. The topological polar surface area (TPSA) is 67.8 Å². The molecule has 2 atom stereocenters. The lowest BCUT2D eigenvalue weighted by Crippen LogP contribution is -2.56. The van der Waals surface area contributed by atoms with Gasteiger partial charge in [-0.05, 0) is 67.9 Å². The molecule has 1 aliphatic heterocycles. The molecule has 4 saturated carbocycles. The number of anilines is 1. The van der Waals surface area contributed by atoms with Crippen LogP contribution in [0.2, 0.25) is 0 Å². The Morgan fingerprint density at radius 3 is 2.68 bits per heavy atom. The molecule has 0 radical (unpaired) electrons. The van der Waals surface area contributed by atoms with Gasteiger partial charge in [0.25, 0.3) is 0 Å². The Hall–Kier alpha value is -1.75. The second-order valence-corrected chi connectivity index (χ2v) is 8.74. The molecule has 0 saturated heterocycles. The van der Waals surface area contributed by atoms with Crippen LogP contribution in [0.25, 0.3) is 0 Å². The quantitative estimate of drug-likeness (QED) is 0.885. The second-order valence-electron chi connectivity index (χ2n) is 8.74. The number of carbonyl (C=O) groups is 1. The van der Waals surface area contributed by atoms with E-state index in [9.17, 15) is 9.90 Å². The zero-order valence-electron chi connectivity index (χ0n) is 14.4. The molecule has 134 valence electrons. The van der Waals surface area contributed by atoms with E-state index in [1.54, 1.807) is 0 Å². The summed E-state index contributed by atoms with van der Waals surface area (Å²) in [5.74, 6) is 2.54. The zero-order chi connectivity index (χ0) is 17.1. The van der Waals surface area contributed by atoms with Crippen LogP contribution in [-0.4, -0.2) is 29.8 Å². The number of carbonyl (C=O) groups excluding carboxylic acids is 1. The minimum absolute atomic E-state index is 0.0187. The van der Waals surface area contributed by atoms with Crippen molar-refractivity contribution in [2.45, 2.75) is 50.5 Å². The van der Waals surface area contributed by atoms with Crippen LogP contribution in [0.4, 0.5) is 5.69 Å². The normalized spacial score (nSPS) is 37.8. The van der Waals surface area contributed by atoms with Gasteiger partial charge in [-0.1, -0.05) is 6.07 Å². The van der Waals surface area contributed by atoms with Crippen LogP contribution in [-0.2, 0) is 4.79 Å². The van der Waals surface area contributed by atoms with Gasteiger partial charge in [-0.25, -0.2) is 0 Å². The Labute approximate surface area is 147 Å². The minimum Gasteiger partial charge on any atom is -0.486 e. The Bertz CT molecular complexity index is 702. The van der Waals surface area contributed by atoms with E-state index in [1.807, 2.05) is 18.2 Å². The van der Waals surface area contributed by atoms with Crippen molar-refractivity contribution in [3.63, 3.8) is 0 Å². The van der Waals surface area contributed by atoms with Crippen molar-refractivity contribution in [3.8, 4) is 11.5 Å². The molecule has 0 aromatic heterocycles. The van der Waals surface area contributed by atoms with Gasteiger partial charge in [0.15, 0.2) is 11.5 Å². The molecular formula is C20H25NO4. The van der Waals surface area contributed by atoms with Gasteiger partial charge in [0, 0.05) is 6.42 Å². The smallest absolute Gasteiger partial charge is 0.225 e. The number of hydrogen-bond donors (Lipinski definition) is 2. The van der Waals surface area contributed by atoms with E-state index in [2.05, 4.69) is 5.32 Å². The highest BCUT2D eigenvalue weighted by Gasteiger charge is 2.57. The molecule has 2 N–H and O–H groups in total. The monoisotopic (exact) mass is 343 g/mol. The van der Waals surface area contributed by atoms with Crippen molar-refractivity contribution in [1.82, 2.24) is 0 Å². The van der Waals surface area contributed by atoms with Crippen LogP contribution in [0.3, 0.4) is 0 Å². The standard InChI is InChI=1S/C20H25NO4/c22-17(21-15-2-1-3-16-18(15)25-5-4-24-16)11-19-7-13-6-14(8-19)10-20(23,9-13)12-19/h1-3,13-14,23H,4-12H2,(H,21,22). The van der Waals surface area contributed by atoms with Gasteiger partial charge >= 0.3 is 0 Å². The number of para-hydroxylation sites is 1. The van der Waals surface area contributed by atoms with E-state index < -0.39 is 5.60 Å². The summed E-state index contributed by atoms with van der Waals surface area (Å²) in [6.45, 7) is 1.04. The van der Waals surface area contributed by atoms with Gasteiger partial charge in [0.2, 0.25) is 5.91 Å². The molecule has 4 aliphatic carbocycles. The summed E-state index contributed by atoms with van der Waals surface area (Å²) < 4.78 is 11.3. The highest BCUT2D eigenvalue weighted by atomic mass is 16.6.